The molecule has 0 aliphatic carbocycles. The molecule has 3 nitrogen and oxygen atoms in total. The van der Waals surface area contributed by atoms with Crippen molar-refractivity contribution >= 4 is 17.4 Å². The van der Waals surface area contributed by atoms with E-state index < -0.39 is 0 Å². The maximum absolute atomic E-state index is 5.95. The minimum Gasteiger partial charge on any atom is -0.354 e. The molecule has 0 spiro atoms. The van der Waals surface area contributed by atoms with Crippen LogP contribution in [0.1, 0.15) is 5.56 Å². The highest BCUT2D eigenvalue weighted by molar-refractivity contribution is 6.29. The third-order valence-corrected chi connectivity index (χ3v) is 2.95. The van der Waals surface area contributed by atoms with Crippen LogP contribution in [-0.4, -0.2) is 43.1 Å². The smallest absolute Gasteiger partial charge is 0.131 e. The second kappa shape index (κ2) is 4.37. The number of anilines is 1. The van der Waals surface area contributed by atoms with Gasteiger partial charge in [-0.2, -0.15) is 0 Å². The van der Waals surface area contributed by atoms with E-state index in [0.29, 0.717) is 5.15 Å². The second-order valence-corrected chi connectivity index (χ2v) is 4.50. The van der Waals surface area contributed by atoms with E-state index in [1.807, 2.05) is 13.0 Å². The maximum Gasteiger partial charge on any atom is 0.131 e. The van der Waals surface area contributed by atoms with E-state index in [1.165, 1.54) is 5.56 Å². The lowest BCUT2D eigenvalue weighted by Crippen LogP contribution is -2.44. The average Bonchev–Trinajstić information content (AvgIpc) is 2.17. The molecule has 0 saturated carbocycles. The topological polar surface area (TPSA) is 19.4 Å². The average molecular weight is 226 g/mol. The predicted molar refractivity (Wildman–Crippen MR) is 63.7 cm³/mol. The van der Waals surface area contributed by atoms with Gasteiger partial charge in [0.1, 0.15) is 11.0 Å². The van der Waals surface area contributed by atoms with Gasteiger partial charge in [-0.05, 0) is 31.7 Å². The Hall–Kier alpha value is -0.800. The van der Waals surface area contributed by atoms with E-state index in [2.05, 4.69) is 27.9 Å². The lowest BCUT2D eigenvalue weighted by atomic mass is 10.2. The van der Waals surface area contributed by atoms with E-state index in [-0.39, 0.29) is 0 Å². The van der Waals surface area contributed by atoms with E-state index >= 15 is 0 Å². The first kappa shape index (κ1) is 10.7. The van der Waals surface area contributed by atoms with Crippen LogP contribution < -0.4 is 4.90 Å². The van der Waals surface area contributed by atoms with Crippen molar-refractivity contribution < 1.29 is 0 Å². The summed E-state index contributed by atoms with van der Waals surface area (Å²) < 4.78 is 0. The number of rotatable bonds is 1. The molecule has 0 aromatic carbocycles. The highest BCUT2D eigenvalue weighted by Crippen LogP contribution is 2.18. The van der Waals surface area contributed by atoms with E-state index in [0.717, 1.165) is 32.0 Å². The van der Waals surface area contributed by atoms with Crippen LogP contribution in [0.25, 0.3) is 0 Å². The summed E-state index contributed by atoms with van der Waals surface area (Å²) in [7, 11) is 2.15. The van der Waals surface area contributed by atoms with Crippen LogP contribution in [0.3, 0.4) is 0 Å². The fourth-order valence-corrected chi connectivity index (χ4v) is 2.06. The lowest BCUT2D eigenvalue weighted by molar-refractivity contribution is 0.312. The van der Waals surface area contributed by atoms with Crippen molar-refractivity contribution in [2.75, 3.05) is 38.1 Å². The molecule has 0 atom stereocenters. The predicted octanol–water partition coefficient (Wildman–Crippen LogP) is 1.80. The zero-order chi connectivity index (χ0) is 10.8. The Kier molecular flexibility index (Phi) is 3.12. The van der Waals surface area contributed by atoms with Crippen LogP contribution in [0.15, 0.2) is 12.1 Å². The summed E-state index contributed by atoms with van der Waals surface area (Å²) in [5.41, 5.74) is 1.17. The molecule has 4 heteroatoms. The number of hydrogen-bond donors (Lipinski definition) is 0. The SMILES string of the molecule is Cc1cc(Cl)nc(N2CCN(C)CC2)c1. The van der Waals surface area contributed by atoms with Gasteiger partial charge in [0.25, 0.3) is 0 Å². The number of aromatic nitrogens is 1. The molecule has 1 aliphatic rings. The fraction of sp³-hybridized carbons (Fsp3) is 0.545. The minimum absolute atomic E-state index is 0.587. The Morgan fingerprint density at radius 2 is 1.87 bits per heavy atom. The standard InChI is InChI=1S/C11H16ClN3/c1-9-7-10(12)13-11(8-9)15-5-3-14(2)4-6-15/h7-8H,3-6H2,1-2H3. The van der Waals surface area contributed by atoms with Crippen LogP contribution in [0, 0.1) is 6.92 Å². The Balaban J connectivity index is 2.15. The summed E-state index contributed by atoms with van der Waals surface area (Å²) in [6.07, 6.45) is 0. The fourth-order valence-electron chi connectivity index (χ4n) is 1.80. The molecule has 2 rings (SSSR count). The molecule has 1 aromatic heterocycles. The molecule has 0 amide bonds. The largest absolute Gasteiger partial charge is 0.354 e. The van der Waals surface area contributed by atoms with Crippen molar-refractivity contribution in [2.45, 2.75) is 6.92 Å². The van der Waals surface area contributed by atoms with Crippen LogP contribution in [-0.2, 0) is 0 Å². The van der Waals surface area contributed by atoms with Crippen LogP contribution in [0.4, 0.5) is 5.82 Å². The quantitative estimate of drug-likeness (QED) is 0.680. The molecular weight excluding hydrogens is 210 g/mol. The number of pyridine rings is 1. The van der Waals surface area contributed by atoms with Crippen LogP contribution in [0.2, 0.25) is 5.15 Å². The molecule has 1 aliphatic heterocycles. The van der Waals surface area contributed by atoms with Gasteiger partial charge in [0.05, 0.1) is 0 Å². The van der Waals surface area contributed by atoms with Gasteiger partial charge in [-0.25, -0.2) is 4.98 Å². The molecule has 82 valence electrons. The summed E-state index contributed by atoms with van der Waals surface area (Å²) in [5, 5.41) is 0.587. The monoisotopic (exact) mass is 225 g/mol. The lowest BCUT2D eigenvalue weighted by Gasteiger charge is -2.33. The van der Waals surface area contributed by atoms with Gasteiger partial charge in [-0.3, -0.25) is 0 Å². The summed E-state index contributed by atoms with van der Waals surface area (Å²) in [5.74, 6) is 1.01. The number of piperazine rings is 1. The van der Waals surface area contributed by atoms with Gasteiger partial charge in [0.2, 0.25) is 0 Å². The zero-order valence-corrected chi connectivity index (χ0v) is 9.96. The van der Waals surface area contributed by atoms with Gasteiger partial charge in [0.15, 0.2) is 0 Å². The molecule has 2 heterocycles. The third kappa shape index (κ3) is 2.61. The third-order valence-electron chi connectivity index (χ3n) is 2.75. The Bertz CT molecular complexity index is 325. The first-order valence-corrected chi connectivity index (χ1v) is 5.60. The summed E-state index contributed by atoms with van der Waals surface area (Å²) in [6, 6.07) is 3.98. The highest BCUT2D eigenvalue weighted by Gasteiger charge is 2.15. The van der Waals surface area contributed by atoms with Crippen molar-refractivity contribution in [3.05, 3.63) is 22.8 Å². The van der Waals surface area contributed by atoms with Gasteiger partial charge >= 0.3 is 0 Å². The van der Waals surface area contributed by atoms with Crippen LogP contribution >= 0.6 is 11.6 Å². The second-order valence-electron chi connectivity index (χ2n) is 4.12. The van der Waals surface area contributed by atoms with E-state index in [9.17, 15) is 0 Å². The highest BCUT2D eigenvalue weighted by atomic mass is 35.5. The minimum atomic E-state index is 0.587. The van der Waals surface area contributed by atoms with Crippen molar-refractivity contribution in [3.8, 4) is 0 Å². The molecule has 0 bridgehead atoms. The van der Waals surface area contributed by atoms with Gasteiger partial charge in [-0.1, -0.05) is 11.6 Å². The molecule has 15 heavy (non-hydrogen) atoms. The number of aryl methyl sites for hydroxylation is 1. The zero-order valence-electron chi connectivity index (χ0n) is 9.20. The molecule has 1 saturated heterocycles. The number of halogens is 1. The summed E-state index contributed by atoms with van der Waals surface area (Å²) >= 11 is 5.95. The van der Waals surface area contributed by atoms with Crippen molar-refractivity contribution in [1.29, 1.82) is 0 Å². The summed E-state index contributed by atoms with van der Waals surface area (Å²) in [6.45, 7) is 6.29. The molecule has 0 unspecified atom stereocenters. The Labute approximate surface area is 95.7 Å². The van der Waals surface area contributed by atoms with Gasteiger partial charge < -0.3 is 9.80 Å². The molecule has 1 fully saturated rings. The van der Waals surface area contributed by atoms with Crippen molar-refractivity contribution in [3.63, 3.8) is 0 Å². The van der Waals surface area contributed by atoms with Crippen molar-refractivity contribution in [1.82, 2.24) is 9.88 Å². The normalized spacial score (nSPS) is 18.2. The first-order valence-electron chi connectivity index (χ1n) is 5.23. The number of nitrogens with zero attached hydrogens (tertiary/aromatic N) is 3. The van der Waals surface area contributed by atoms with Crippen molar-refractivity contribution in [2.24, 2.45) is 0 Å². The number of likely N-dealkylation sites (N-methyl/N-ethyl adjacent to an activating group) is 1. The Morgan fingerprint density at radius 3 is 2.47 bits per heavy atom. The number of hydrogen-bond acceptors (Lipinski definition) is 3. The maximum atomic E-state index is 5.95. The summed E-state index contributed by atoms with van der Waals surface area (Å²) in [4.78, 5) is 8.97. The first-order chi connectivity index (χ1) is 7.15. The molecule has 1 aromatic rings. The van der Waals surface area contributed by atoms with Crippen LogP contribution in [0.5, 0.6) is 0 Å². The molecule has 0 N–H and O–H groups in total. The van der Waals surface area contributed by atoms with Gasteiger partial charge in [0, 0.05) is 26.2 Å². The van der Waals surface area contributed by atoms with E-state index in [4.69, 9.17) is 11.6 Å². The van der Waals surface area contributed by atoms with E-state index in [1.54, 1.807) is 0 Å². The Morgan fingerprint density at radius 1 is 1.20 bits per heavy atom. The van der Waals surface area contributed by atoms with Gasteiger partial charge in [-0.15, -0.1) is 0 Å². The molecule has 0 radical (unpaired) electrons. The molecular formula is C11H16ClN3.